The van der Waals surface area contributed by atoms with Crippen LogP contribution in [0.25, 0.3) is 0 Å². The average Bonchev–Trinajstić information content (AvgIpc) is 2.33. The number of rotatable bonds is 3. The van der Waals surface area contributed by atoms with Crippen LogP contribution in [0.5, 0.6) is 5.75 Å². The zero-order valence-corrected chi connectivity index (χ0v) is 11.7. The van der Waals surface area contributed by atoms with Crippen LogP contribution in [0.4, 0.5) is 5.69 Å². The van der Waals surface area contributed by atoms with Crippen LogP contribution in [0.15, 0.2) is 47.4 Å². The Morgan fingerprint density at radius 1 is 1.11 bits per heavy atom. The summed E-state index contributed by atoms with van der Waals surface area (Å²) >= 11 is 5.82. The molecule has 2 rings (SSSR count). The molecule has 100 valence electrons. The van der Waals surface area contributed by atoms with E-state index in [4.69, 9.17) is 16.7 Å². The Hall–Kier alpha value is -1.72. The summed E-state index contributed by atoms with van der Waals surface area (Å²) in [6.07, 6.45) is 0. The maximum absolute atomic E-state index is 12.1. The van der Waals surface area contributed by atoms with Crippen LogP contribution in [0.2, 0.25) is 5.02 Å². The number of aryl methyl sites for hydroxylation is 1. The minimum Gasteiger partial charge on any atom is -0.508 e. The highest BCUT2D eigenvalue weighted by atomic mass is 35.5. The summed E-state index contributed by atoms with van der Waals surface area (Å²) < 4.78 is 26.7. The number of nitrogens with one attached hydrogen (secondary N) is 1. The highest BCUT2D eigenvalue weighted by Gasteiger charge is 2.15. The molecule has 19 heavy (non-hydrogen) atoms. The SMILES string of the molecule is Cc1cc(Cl)ccc1NS(=O)(=O)c1ccc(O)cc1. The van der Waals surface area contributed by atoms with E-state index in [1.807, 2.05) is 0 Å². The molecule has 0 amide bonds. The fourth-order valence-corrected chi connectivity index (χ4v) is 2.93. The Labute approximate surface area is 116 Å². The van der Waals surface area contributed by atoms with Gasteiger partial charge in [0.25, 0.3) is 10.0 Å². The third-order valence-electron chi connectivity index (χ3n) is 2.58. The largest absolute Gasteiger partial charge is 0.508 e. The number of halogens is 1. The molecule has 0 aliphatic heterocycles. The van der Waals surface area contributed by atoms with Gasteiger partial charge in [0, 0.05) is 5.02 Å². The first-order chi connectivity index (χ1) is 8.88. The minimum atomic E-state index is -3.67. The van der Waals surface area contributed by atoms with E-state index in [0.717, 1.165) is 5.56 Å². The van der Waals surface area contributed by atoms with Crippen molar-refractivity contribution in [1.82, 2.24) is 0 Å². The van der Waals surface area contributed by atoms with Crippen molar-refractivity contribution in [3.05, 3.63) is 53.1 Å². The number of sulfonamides is 1. The van der Waals surface area contributed by atoms with Crippen molar-refractivity contribution in [2.45, 2.75) is 11.8 Å². The van der Waals surface area contributed by atoms with Crippen molar-refractivity contribution in [1.29, 1.82) is 0 Å². The topological polar surface area (TPSA) is 66.4 Å². The zero-order valence-electron chi connectivity index (χ0n) is 10.1. The Morgan fingerprint density at radius 3 is 2.32 bits per heavy atom. The summed E-state index contributed by atoms with van der Waals surface area (Å²) in [5.41, 5.74) is 1.20. The lowest BCUT2D eigenvalue weighted by atomic mass is 10.2. The fourth-order valence-electron chi connectivity index (χ4n) is 1.57. The number of phenolic OH excluding ortho intramolecular Hbond substituents is 1. The molecule has 0 radical (unpaired) electrons. The monoisotopic (exact) mass is 297 g/mol. The Bertz CT molecular complexity index is 696. The number of aromatic hydroxyl groups is 1. The normalized spacial score (nSPS) is 11.3. The number of hydrogen-bond acceptors (Lipinski definition) is 3. The maximum Gasteiger partial charge on any atom is 0.261 e. The molecular weight excluding hydrogens is 286 g/mol. The molecule has 2 aromatic carbocycles. The van der Waals surface area contributed by atoms with Crippen LogP contribution in [0, 0.1) is 6.92 Å². The van der Waals surface area contributed by atoms with Gasteiger partial charge < -0.3 is 5.11 Å². The molecule has 0 aliphatic carbocycles. The van der Waals surface area contributed by atoms with Crippen molar-refractivity contribution in [3.8, 4) is 5.75 Å². The van der Waals surface area contributed by atoms with Crippen LogP contribution < -0.4 is 4.72 Å². The molecule has 2 N–H and O–H groups in total. The summed E-state index contributed by atoms with van der Waals surface area (Å²) in [5.74, 6) is 0.0154. The van der Waals surface area contributed by atoms with Gasteiger partial charge in [-0.25, -0.2) is 8.42 Å². The third kappa shape index (κ3) is 3.19. The lowest BCUT2D eigenvalue weighted by Crippen LogP contribution is -2.13. The molecular formula is C13H12ClNO3S. The van der Waals surface area contributed by atoms with E-state index >= 15 is 0 Å². The number of benzene rings is 2. The van der Waals surface area contributed by atoms with E-state index in [0.29, 0.717) is 10.7 Å². The molecule has 0 saturated carbocycles. The van der Waals surface area contributed by atoms with E-state index in [2.05, 4.69) is 4.72 Å². The number of phenols is 1. The summed E-state index contributed by atoms with van der Waals surface area (Å²) in [5, 5.41) is 9.70. The van der Waals surface area contributed by atoms with E-state index in [9.17, 15) is 8.42 Å². The first-order valence-electron chi connectivity index (χ1n) is 5.46. The van der Waals surface area contributed by atoms with Crippen molar-refractivity contribution < 1.29 is 13.5 Å². The zero-order chi connectivity index (χ0) is 14.0. The molecule has 2 aromatic rings. The lowest BCUT2D eigenvalue weighted by molar-refractivity contribution is 0.475. The number of anilines is 1. The van der Waals surface area contributed by atoms with Gasteiger partial charge in [0.1, 0.15) is 5.75 Å². The first-order valence-corrected chi connectivity index (χ1v) is 7.32. The molecule has 0 aromatic heterocycles. The summed E-state index contributed by atoms with van der Waals surface area (Å²) in [6.45, 7) is 1.76. The Kier molecular flexibility index (Phi) is 3.68. The second-order valence-electron chi connectivity index (χ2n) is 4.06. The summed E-state index contributed by atoms with van der Waals surface area (Å²) in [7, 11) is -3.67. The minimum absolute atomic E-state index is 0.0154. The van der Waals surface area contributed by atoms with Gasteiger partial charge in [0.2, 0.25) is 0 Å². The molecule has 0 heterocycles. The van der Waals surface area contributed by atoms with Gasteiger partial charge in [-0.15, -0.1) is 0 Å². The van der Waals surface area contributed by atoms with Crippen LogP contribution in [-0.4, -0.2) is 13.5 Å². The lowest BCUT2D eigenvalue weighted by Gasteiger charge is -2.10. The van der Waals surface area contributed by atoms with Gasteiger partial charge >= 0.3 is 0 Å². The molecule has 0 atom stereocenters. The average molecular weight is 298 g/mol. The maximum atomic E-state index is 12.1. The third-order valence-corrected chi connectivity index (χ3v) is 4.20. The van der Waals surface area contributed by atoms with Gasteiger partial charge in [0.05, 0.1) is 10.6 Å². The fraction of sp³-hybridized carbons (Fsp3) is 0.0769. The van der Waals surface area contributed by atoms with Gasteiger partial charge in [-0.05, 0) is 55.0 Å². The Morgan fingerprint density at radius 2 is 1.74 bits per heavy atom. The van der Waals surface area contributed by atoms with E-state index in [-0.39, 0.29) is 10.6 Å². The number of hydrogen-bond donors (Lipinski definition) is 2. The van der Waals surface area contributed by atoms with E-state index in [1.165, 1.54) is 24.3 Å². The first kappa shape index (κ1) is 13.7. The molecule has 0 aliphatic rings. The predicted molar refractivity (Wildman–Crippen MR) is 75.1 cm³/mol. The summed E-state index contributed by atoms with van der Waals surface area (Å²) in [4.78, 5) is 0.0830. The van der Waals surface area contributed by atoms with Crippen molar-refractivity contribution in [3.63, 3.8) is 0 Å². The highest BCUT2D eigenvalue weighted by Crippen LogP contribution is 2.23. The van der Waals surface area contributed by atoms with Gasteiger partial charge in [-0.1, -0.05) is 11.6 Å². The Balaban J connectivity index is 2.33. The van der Waals surface area contributed by atoms with Crippen LogP contribution >= 0.6 is 11.6 Å². The molecule has 6 heteroatoms. The molecule has 0 bridgehead atoms. The van der Waals surface area contributed by atoms with Gasteiger partial charge in [-0.3, -0.25) is 4.72 Å². The second-order valence-corrected chi connectivity index (χ2v) is 6.18. The summed E-state index contributed by atoms with van der Waals surface area (Å²) in [6, 6.07) is 10.2. The van der Waals surface area contributed by atoms with Crippen LogP contribution in [0.3, 0.4) is 0 Å². The molecule has 0 spiro atoms. The smallest absolute Gasteiger partial charge is 0.261 e. The van der Waals surface area contributed by atoms with Crippen LogP contribution in [-0.2, 0) is 10.0 Å². The molecule has 0 unspecified atom stereocenters. The molecule has 0 saturated heterocycles. The molecule has 4 nitrogen and oxygen atoms in total. The standard InChI is InChI=1S/C13H12ClNO3S/c1-9-8-10(14)2-7-13(9)15-19(17,18)12-5-3-11(16)4-6-12/h2-8,15-16H,1H3. The van der Waals surface area contributed by atoms with Gasteiger partial charge in [0.15, 0.2) is 0 Å². The van der Waals surface area contributed by atoms with Gasteiger partial charge in [-0.2, -0.15) is 0 Å². The molecule has 0 fully saturated rings. The second kappa shape index (κ2) is 5.11. The van der Waals surface area contributed by atoms with Crippen LogP contribution in [0.1, 0.15) is 5.56 Å². The quantitative estimate of drug-likeness (QED) is 0.914. The highest BCUT2D eigenvalue weighted by molar-refractivity contribution is 7.92. The van der Waals surface area contributed by atoms with E-state index in [1.54, 1.807) is 25.1 Å². The van der Waals surface area contributed by atoms with E-state index < -0.39 is 10.0 Å². The van der Waals surface area contributed by atoms with Crippen molar-refractivity contribution >= 4 is 27.3 Å². The van der Waals surface area contributed by atoms with Crippen molar-refractivity contribution in [2.24, 2.45) is 0 Å². The van der Waals surface area contributed by atoms with Crippen molar-refractivity contribution in [2.75, 3.05) is 4.72 Å². The predicted octanol–water partition coefficient (Wildman–Crippen LogP) is 3.15.